The van der Waals surface area contributed by atoms with Gasteiger partial charge < -0.3 is 5.32 Å². The van der Waals surface area contributed by atoms with Gasteiger partial charge in [-0.2, -0.15) is 0 Å². The van der Waals surface area contributed by atoms with E-state index in [-0.39, 0.29) is 10.6 Å². The Morgan fingerprint density at radius 1 is 0.852 bits per heavy atom. The summed E-state index contributed by atoms with van der Waals surface area (Å²) in [5.41, 5.74) is 0.982. The molecular weight excluding hydrogens is 369 g/mol. The zero-order chi connectivity index (χ0) is 19.4. The van der Waals surface area contributed by atoms with Crippen LogP contribution < -0.4 is 15.4 Å². The number of carbonyl (C=O) groups excluding carboxylic acids is 1. The second-order valence-corrected chi connectivity index (χ2v) is 7.15. The van der Waals surface area contributed by atoms with Crippen molar-refractivity contribution in [3.8, 4) is 0 Å². The maximum Gasteiger partial charge on any atom is 0.330 e. The molecule has 0 saturated carbocycles. The predicted octanol–water partition coefficient (Wildman–Crippen LogP) is 3.84. The van der Waals surface area contributed by atoms with Crippen LogP contribution in [0.15, 0.2) is 83.8 Å². The molecule has 3 aromatic carbocycles. The second kappa shape index (κ2) is 7.56. The molecule has 3 N–H and O–H groups in total. The maximum absolute atomic E-state index is 13.3. The van der Waals surface area contributed by atoms with Crippen molar-refractivity contribution in [2.75, 3.05) is 10.2 Å². The van der Waals surface area contributed by atoms with Gasteiger partial charge in [-0.15, -0.1) is 0 Å². The van der Waals surface area contributed by atoms with Gasteiger partial charge in [-0.3, -0.25) is 4.90 Å². The smallest absolute Gasteiger partial charge is 0.306 e. The Kier molecular flexibility index (Phi) is 5.20. The Morgan fingerprint density at radius 2 is 1.41 bits per heavy atom. The van der Waals surface area contributed by atoms with Gasteiger partial charge in [-0.1, -0.05) is 30.3 Å². The normalized spacial score (nSPS) is 11.0. The number of primary sulfonamides is 1. The van der Waals surface area contributed by atoms with E-state index in [2.05, 4.69) is 5.32 Å². The molecule has 138 valence electrons. The molecule has 2 amide bonds. The van der Waals surface area contributed by atoms with Crippen LogP contribution in [0.2, 0.25) is 0 Å². The van der Waals surface area contributed by atoms with E-state index in [1.807, 2.05) is 0 Å². The Morgan fingerprint density at radius 3 is 2.04 bits per heavy atom. The number of amides is 2. The number of benzene rings is 3. The van der Waals surface area contributed by atoms with Gasteiger partial charge in [-0.05, 0) is 48.5 Å². The third-order valence-corrected chi connectivity index (χ3v) is 4.71. The number of hydrogen-bond acceptors (Lipinski definition) is 3. The Balaban J connectivity index is 2.02. The number of nitrogens with one attached hydrogen (secondary N) is 1. The van der Waals surface area contributed by atoms with Gasteiger partial charge in [0.2, 0.25) is 10.0 Å². The van der Waals surface area contributed by atoms with Crippen molar-refractivity contribution in [3.63, 3.8) is 0 Å². The van der Waals surface area contributed by atoms with Crippen molar-refractivity contribution in [2.24, 2.45) is 5.14 Å². The highest BCUT2D eigenvalue weighted by molar-refractivity contribution is 7.89. The van der Waals surface area contributed by atoms with Crippen LogP contribution in [0.1, 0.15) is 0 Å². The molecule has 0 atom stereocenters. The molecule has 0 aliphatic rings. The SMILES string of the molecule is NS(=O)(=O)c1ccccc1NC(=O)N(c1ccccc1)c1ccc(F)cc1. The zero-order valence-corrected chi connectivity index (χ0v) is 14.9. The number of hydrogen-bond donors (Lipinski definition) is 2. The summed E-state index contributed by atoms with van der Waals surface area (Å²) in [6.45, 7) is 0. The summed E-state index contributed by atoms with van der Waals surface area (Å²) >= 11 is 0. The number of rotatable bonds is 4. The van der Waals surface area contributed by atoms with E-state index >= 15 is 0 Å². The fourth-order valence-electron chi connectivity index (χ4n) is 2.54. The molecule has 0 saturated heterocycles. The van der Waals surface area contributed by atoms with Crippen molar-refractivity contribution < 1.29 is 17.6 Å². The Labute approximate surface area is 156 Å². The molecule has 8 heteroatoms. The quantitative estimate of drug-likeness (QED) is 0.715. The number of sulfonamides is 1. The summed E-state index contributed by atoms with van der Waals surface area (Å²) in [4.78, 5) is 14.1. The molecule has 0 radical (unpaired) electrons. The van der Waals surface area contributed by atoms with Crippen LogP contribution in [-0.4, -0.2) is 14.4 Å². The zero-order valence-electron chi connectivity index (χ0n) is 14.0. The van der Waals surface area contributed by atoms with Crippen LogP contribution in [0.5, 0.6) is 0 Å². The first kappa shape index (κ1) is 18.6. The Bertz CT molecular complexity index is 1060. The average Bonchev–Trinajstić information content (AvgIpc) is 2.64. The fraction of sp³-hybridized carbons (Fsp3) is 0. The van der Waals surface area contributed by atoms with E-state index in [0.717, 1.165) is 0 Å². The lowest BCUT2D eigenvalue weighted by molar-refractivity contribution is 0.259. The van der Waals surface area contributed by atoms with Crippen LogP contribution in [-0.2, 0) is 10.0 Å². The largest absolute Gasteiger partial charge is 0.330 e. The van der Waals surface area contributed by atoms with Crippen LogP contribution >= 0.6 is 0 Å². The second-order valence-electron chi connectivity index (χ2n) is 5.62. The minimum absolute atomic E-state index is 0.0491. The van der Waals surface area contributed by atoms with Gasteiger partial charge >= 0.3 is 6.03 Å². The van der Waals surface area contributed by atoms with Gasteiger partial charge in [0.15, 0.2) is 0 Å². The number of nitrogens with two attached hydrogens (primary N) is 1. The third kappa shape index (κ3) is 4.30. The third-order valence-electron chi connectivity index (χ3n) is 3.74. The number of anilines is 3. The van der Waals surface area contributed by atoms with E-state index in [4.69, 9.17) is 5.14 Å². The fourth-order valence-corrected chi connectivity index (χ4v) is 3.23. The van der Waals surface area contributed by atoms with Gasteiger partial charge in [0, 0.05) is 0 Å². The Hall–Kier alpha value is -3.23. The summed E-state index contributed by atoms with van der Waals surface area (Å²) in [5, 5.41) is 7.78. The van der Waals surface area contributed by atoms with Gasteiger partial charge in [-0.25, -0.2) is 22.7 Å². The van der Waals surface area contributed by atoms with E-state index in [1.165, 1.54) is 47.4 Å². The van der Waals surface area contributed by atoms with Crippen LogP contribution in [0, 0.1) is 5.82 Å². The lowest BCUT2D eigenvalue weighted by Crippen LogP contribution is -2.31. The van der Waals surface area contributed by atoms with Crippen molar-refractivity contribution in [1.82, 2.24) is 0 Å². The van der Waals surface area contributed by atoms with E-state index in [9.17, 15) is 17.6 Å². The van der Waals surface area contributed by atoms with Crippen LogP contribution in [0.25, 0.3) is 0 Å². The minimum atomic E-state index is -4.02. The first-order valence-electron chi connectivity index (χ1n) is 7.90. The molecular formula is C19H16FN3O3S. The molecule has 3 rings (SSSR count). The van der Waals surface area contributed by atoms with Crippen molar-refractivity contribution >= 4 is 33.1 Å². The molecule has 0 unspecified atom stereocenters. The summed E-state index contributed by atoms with van der Waals surface area (Å²) in [6, 6.07) is 19.3. The lowest BCUT2D eigenvalue weighted by atomic mass is 10.2. The first-order chi connectivity index (χ1) is 12.9. The molecule has 0 fully saturated rings. The number of urea groups is 1. The van der Waals surface area contributed by atoms with Crippen molar-refractivity contribution in [3.05, 3.63) is 84.7 Å². The molecule has 0 aromatic heterocycles. The first-order valence-corrected chi connectivity index (χ1v) is 9.44. The summed E-state index contributed by atoms with van der Waals surface area (Å²) in [5.74, 6) is -0.438. The maximum atomic E-state index is 13.3. The molecule has 3 aromatic rings. The molecule has 0 heterocycles. The number of nitrogens with zero attached hydrogens (tertiary/aromatic N) is 1. The van der Waals surface area contributed by atoms with Crippen LogP contribution in [0.4, 0.5) is 26.2 Å². The van der Waals surface area contributed by atoms with Crippen molar-refractivity contribution in [1.29, 1.82) is 0 Å². The van der Waals surface area contributed by atoms with E-state index in [1.54, 1.807) is 36.4 Å². The van der Waals surface area contributed by atoms with Gasteiger partial charge in [0.25, 0.3) is 0 Å². The van der Waals surface area contributed by atoms with Gasteiger partial charge in [0.05, 0.1) is 17.1 Å². The monoisotopic (exact) mass is 385 g/mol. The molecule has 6 nitrogen and oxygen atoms in total. The predicted molar refractivity (Wildman–Crippen MR) is 102 cm³/mol. The highest BCUT2D eigenvalue weighted by atomic mass is 32.2. The number of halogens is 1. The van der Waals surface area contributed by atoms with Crippen LogP contribution in [0.3, 0.4) is 0 Å². The van der Waals surface area contributed by atoms with Gasteiger partial charge in [0.1, 0.15) is 10.7 Å². The summed E-state index contributed by atoms with van der Waals surface area (Å²) < 4.78 is 36.8. The van der Waals surface area contributed by atoms with Crippen molar-refractivity contribution in [2.45, 2.75) is 4.90 Å². The lowest BCUT2D eigenvalue weighted by Gasteiger charge is -2.24. The minimum Gasteiger partial charge on any atom is -0.306 e. The molecule has 0 bridgehead atoms. The van der Waals surface area contributed by atoms with E-state index < -0.39 is 21.9 Å². The standard InChI is InChI=1S/C19H16FN3O3S/c20-14-10-12-16(13-11-14)23(15-6-2-1-3-7-15)19(24)22-17-8-4-5-9-18(17)27(21,25)26/h1-13H,(H,22,24)(H2,21,25,26). The molecule has 0 aliphatic heterocycles. The number of para-hydroxylation sites is 2. The molecule has 0 aliphatic carbocycles. The molecule has 27 heavy (non-hydrogen) atoms. The number of carbonyl (C=O) groups is 1. The average molecular weight is 385 g/mol. The molecule has 0 spiro atoms. The highest BCUT2D eigenvalue weighted by Crippen LogP contribution is 2.28. The summed E-state index contributed by atoms with van der Waals surface area (Å²) in [6.07, 6.45) is 0. The summed E-state index contributed by atoms with van der Waals surface area (Å²) in [7, 11) is -4.02. The van der Waals surface area contributed by atoms with E-state index in [0.29, 0.717) is 11.4 Å². The highest BCUT2D eigenvalue weighted by Gasteiger charge is 2.21. The topological polar surface area (TPSA) is 92.5 Å².